The van der Waals surface area contributed by atoms with Crippen LogP contribution in [0.15, 0.2) is 42.4 Å². The van der Waals surface area contributed by atoms with Crippen LogP contribution in [0.5, 0.6) is 0 Å². The molecule has 0 bridgehead atoms. The summed E-state index contributed by atoms with van der Waals surface area (Å²) in [6.07, 6.45) is 8.07. The smallest absolute Gasteiger partial charge is 0.107 e. The van der Waals surface area contributed by atoms with E-state index < -0.39 is 0 Å². The monoisotopic (exact) mass is 333 g/mol. The van der Waals surface area contributed by atoms with E-state index >= 15 is 0 Å². The van der Waals surface area contributed by atoms with Gasteiger partial charge in [-0.25, -0.2) is 9.97 Å². The molecule has 0 aliphatic rings. The van der Waals surface area contributed by atoms with Gasteiger partial charge in [-0.15, -0.1) is 11.3 Å². The van der Waals surface area contributed by atoms with E-state index in [0.717, 1.165) is 35.9 Å². The molecule has 0 aliphatic carbocycles. The summed E-state index contributed by atoms with van der Waals surface area (Å²) in [5.74, 6) is 0. The number of nitrogens with zero attached hydrogens (tertiary/aromatic N) is 4. The van der Waals surface area contributed by atoms with E-state index in [1.807, 2.05) is 29.9 Å². The largest absolute Gasteiger partial charge is 0.348 e. The zero-order valence-corrected chi connectivity index (χ0v) is 13.5. The second-order valence-corrected chi connectivity index (χ2v) is 6.28. The average molecular weight is 334 g/mol. The van der Waals surface area contributed by atoms with Crippen molar-refractivity contribution in [3.8, 4) is 0 Å². The lowest BCUT2D eigenvalue weighted by atomic mass is 10.2. The highest BCUT2D eigenvalue weighted by Crippen LogP contribution is 2.17. The van der Waals surface area contributed by atoms with Gasteiger partial charge in [-0.2, -0.15) is 0 Å². The predicted octanol–water partition coefficient (Wildman–Crippen LogP) is 3.16. The molecule has 0 amide bonds. The first-order valence-electron chi connectivity index (χ1n) is 6.98. The van der Waals surface area contributed by atoms with Gasteiger partial charge in [-0.3, -0.25) is 9.88 Å². The molecule has 0 saturated carbocycles. The van der Waals surface area contributed by atoms with Crippen LogP contribution < -0.4 is 0 Å². The highest BCUT2D eigenvalue weighted by molar-refractivity contribution is 7.09. The molecule has 7 heteroatoms. The molecular weight excluding hydrogens is 318 g/mol. The van der Waals surface area contributed by atoms with Crippen molar-refractivity contribution in [2.24, 2.45) is 0 Å². The van der Waals surface area contributed by atoms with Gasteiger partial charge in [-0.1, -0.05) is 11.6 Å². The van der Waals surface area contributed by atoms with E-state index in [4.69, 9.17) is 11.6 Å². The van der Waals surface area contributed by atoms with Gasteiger partial charge >= 0.3 is 0 Å². The summed E-state index contributed by atoms with van der Waals surface area (Å²) in [7, 11) is 0. The summed E-state index contributed by atoms with van der Waals surface area (Å²) >= 11 is 7.89. The Bertz CT molecular complexity index is 684. The fourth-order valence-electron chi connectivity index (χ4n) is 2.18. The van der Waals surface area contributed by atoms with Gasteiger partial charge < -0.3 is 4.98 Å². The third-order valence-corrected chi connectivity index (χ3v) is 4.41. The van der Waals surface area contributed by atoms with Gasteiger partial charge in [0.25, 0.3) is 0 Å². The van der Waals surface area contributed by atoms with Crippen LogP contribution in [0.25, 0.3) is 0 Å². The fraction of sp³-hybridized carbons (Fsp3) is 0.267. The lowest BCUT2D eigenvalue weighted by Crippen LogP contribution is -2.26. The minimum Gasteiger partial charge on any atom is -0.348 e. The van der Waals surface area contributed by atoms with Crippen LogP contribution >= 0.6 is 22.9 Å². The SMILES string of the molecule is Clc1cccnc1CN(CCc1cnc[nH]1)Cc1nccs1. The number of hydrogen-bond acceptors (Lipinski definition) is 5. The van der Waals surface area contributed by atoms with Crippen molar-refractivity contribution < 1.29 is 0 Å². The Balaban J connectivity index is 1.69. The van der Waals surface area contributed by atoms with Gasteiger partial charge in [0, 0.05) is 49.2 Å². The molecule has 0 atom stereocenters. The molecule has 0 fully saturated rings. The second kappa shape index (κ2) is 7.49. The summed E-state index contributed by atoms with van der Waals surface area (Å²) in [6, 6.07) is 3.72. The Morgan fingerprint density at radius 2 is 2.18 bits per heavy atom. The Labute approximate surface area is 138 Å². The molecule has 3 aromatic rings. The van der Waals surface area contributed by atoms with Crippen molar-refractivity contribution in [1.82, 2.24) is 24.8 Å². The summed E-state index contributed by atoms with van der Waals surface area (Å²) in [5, 5.41) is 3.79. The quantitative estimate of drug-likeness (QED) is 0.721. The van der Waals surface area contributed by atoms with Gasteiger partial charge in [0.05, 0.1) is 23.6 Å². The summed E-state index contributed by atoms with van der Waals surface area (Å²) in [6.45, 7) is 2.38. The van der Waals surface area contributed by atoms with Crippen molar-refractivity contribution in [2.45, 2.75) is 19.5 Å². The first-order chi connectivity index (χ1) is 10.8. The topological polar surface area (TPSA) is 57.7 Å². The highest BCUT2D eigenvalue weighted by Gasteiger charge is 2.12. The van der Waals surface area contributed by atoms with E-state index in [1.54, 1.807) is 23.9 Å². The number of aromatic amines is 1. The van der Waals surface area contributed by atoms with Crippen LogP contribution in [0.2, 0.25) is 5.02 Å². The number of halogens is 1. The van der Waals surface area contributed by atoms with Crippen molar-refractivity contribution in [1.29, 1.82) is 0 Å². The number of nitrogens with one attached hydrogen (secondary N) is 1. The van der Waals surface area contributed by atoms with E-state index in [-0.39, 0.29) is 0 Å². The average Bonchev–Trinajstić information content (AvgIpc) is 3.20. The number of pyridine rings is 1. The van der Waals surface area contributed by atoms with Crippen molar-refractivity contribution >= 4 is 22.9 Å². The lowest BCUT2D eigenvalue weighted by molar-refractivity contribution is 0.256. The molecule has 3 heterocycles. The van der Waals surface area contributed by atoms with Gasteiger partial charge in [0.1, 0.15) is 5.01 Å². The number of imidazole rings is 1. The maximum absolute atomic E-state index is 6.23. The summed E-state index contributed by atoms with van der Waals surface area (Å²) in [5.41, 5.74) is 2.02. The van der Waals surface area contributed by atoms with Gasteiger partial charge in [0.2, 0.25) is 0 Å². The molecular formula is C15H16ClN5S. The molecule has 0 spiro atoms. The van der Waals surface area contributed by atoms with E-state index in [0.29, 0.717) is 11.6 Å². The number of hydrogen-bond donors (Lipinski definition) is 1. The van der Waals surface area contributed by atoms with E-state index in [1.165, 1.54) is 0 Å². The zero-order chi connectivity index (χ0) is 15.2. The van der Waals surface area contributed by atoms with Crippen molar-refractivity contribution in [2.75, 3.05) is 6.54 Å². The number of rotatable bonds is 7. The predicted molar refractivity (Wildman–Crippen MR) is 87.8 cm³/mol. The molecule has 3 aromatic heterocycles. The van der Waals surface area contributed by atoms with Crippen LogP contribution in [-0.2, 0) is 19.5 Å². The highest BCUT2D eigenvalue weighted by atomic mass is 35.5. The van der Waals surface area contributed by atoms with Crippen LogP contribution in [0.4, 0.5) is 0 Å². The molecule has 114 valence electrons. The Hall–Kier alpha value is -1.76. The Kier molecular flexibility index (Phi) is 5.15. The zero-order valence-electron chi connectivity index (χ0n) is 11.9. The third kappa shape index (κ3) is 4.13. The summed E-state index contributed by atoms with van der Waals surface area (Å²) in [4.78, 5) is 18.2. The van der Waals surface area contributed by atoms with Gasteiger partial charge in [-0.05, 0) is 12.1 Å². The maximum atomic E-state index is 6.23. The molecule has 1 N–H and O–H groups in total. The van der Waals surface area contributed by atoms with Crippen molar-refractivity contribution in [3.63, 3.8) is 0 Å². The molecule has 0 unspecified atom stereocenters. The maximum Gasteiger partial charge on any atom is 0.107 e. The molecule has 0 radical (unpaired) electrons. The van der Waals surface area contributed by atoms with Crippen LogP contribution in [0, 0.1) is 0 Å². The number of aromatic nitrogens is 4. The van der Waals surface area contributed by atoms with Crippen molar-refractivity contribution in [3.05, 3.63) is 63.8 Å². The molecule has 3 rings (SSSR count). The Morgan fingerprint density at radius 3 is 2.91 bits per heavy atom. The normalized spacial score (nSPS) is 11.2. The second-order valence-electron chi connectivity index (χ2n) is 4.90. The first kappa shape index (κ1) is 15.1. The standard InChI is InChI=1S/C15H16ClN5S/c16-13-2-1-4-18-14(13)9-21(10-15-19-5-7-22-15)6-3-12-8-17-11-20-12/h1-2,4-5,7-8,11H,3,6,9-10H2,(H,17,20). The molecule has 0 saturated heterocycles. The van der Waals surface area contributed by atoms with Gasteiger partial charge in [0.15, 0.2) is 0 Å². The fourth-order valence-corrected chi connectivity index (χ4v) is 3.02. The van der Waals surface area contributed by atoms with E-state index in [9.17, 15) is 0 Å². The number of thiazole rings is 1. The summed E-state index contributed by atoms with van der Waals surface area (Å²) < 4.78 is 0. The van der Waals surface area contributed by atoms with E-state index in [2.05, 4.69) is 24.8 Å². The first-order valence-corrected chi connectivity index (χ1v) is 8.24. The van der Waals surface area contributed by atoms with Crippen LogP contribution in [0.3, 0.4) is 0 Å². The third-order valence-electron chi connectivity index (χ3n) is 3.30. The minimum absolute atomic E-state index is 0.702. The Morgan fingerprint density at radius 1 is 1.23 bits per heavy atom. The lowest BCUT2D eigenvalue weighted by Gasteiger charge is -2.21. The minimum atomic E-state index is 0.702. The molecule has 5 nitrogen and oxygen atoms in total. The van der Waals surface area contributed by atoms with Crippen LogP contribution in [0.1, 0.15) is 16.4 Å². The van der Waals surface area contributed by atoms with Crippen LogP contribution in [-0.4, -0.2) is 31.4 Å². The molecule has 0 aliphatic heterocycles. The molecule has 0 aromatic carbocycles. The molecule has 22 heavy (non-hydrogen) atoms. The number of H-pyrrole nitrogens is 1.